The topological polar surface area (TPSA) is 29.1 Å². The molecule has 0 spiro atoms. The number of amides is 1. The molecule has 110 valence electrons. The van der Waals surface area contributed by atoms with Crippen LogP contribution in [-0.4, -0.2) is 11.2 Å². The molecule has 0 atom stereocenters. The number of carbonyl (C=O) groups excluding carboxylic acids is 1. The Balaban J connectivity index is 1.96. The highest BCUT2D eigenvalue weighted by Crippen LogP contribution is 2.15. The zero-order valence-corrected chi connectivity index (χ0v) is 14.0. The quantitative estimate of drug-likeness (QED) is 0.728. The molecule has 1 amide bonds. The van der Waals surface area contributed by atoms with Gasteiger partial charge in [-0.15, -0.1) is 0 Å². The maximum atomic E-state index is 12.1. The van der Waals surface area contributed by atoms with Crippen molar-refractivity contribution >= 4 is 39.1 Å². The molecule has 0 heterocycles. The lowest BCUT2D eigenvalue weighted by molar-refractivity contribution is -0.115. The number of aryl methyl sites for hydroxylation is 1. The van der Waals surface area contributed by atoms with E-state index in [4.69, 9.17) is 11.6 Å². The van der Waals surface area contributed by atoms with Gasteiger partial charge in [0, 0.05) is 16.0 Å². The van der Waals surface area contributed by atoms with Crippen molar-refractivity contribution in [3.8, 4) is 0 Å². The zero-order chi connectivity index (χ0) is 15.1. The zero-order valence-electron chi connectivity index (χ0n) is 11.6. The molecule has 0 radical (unpaired) electrons. The highest BCUT2D eigenvalue weighted by molar-refractivity contribution is 9.09. The minimum Gasteiger partial charge on any atom is -0.326 e. The summed E-state index contributed by atoms with van der Waals surface area (Å²) in [6.45, 7) is 0. The first-order chi connectivity index (χ1) is 10.2. The van der Waals surface area contributed by atoms with Crippen LogP contribution in [0.1, 0.15) is 17.5 Å². The number of anilines is 1. The Morgan fingerprint density at radius 2 is 1.86 bits per heavy atom. The third kappa shape index (κ3) is 5.52. The Hall–Kier alpha value is -1.32. The Bertz CT molecular complexity index is 615. The van der Waals surface area contributed by atoms with Gasteiger partial charge in [-0.2, -0.15) is 0 Å². The number of rotatable bonds is 6. The summed E-state index contributed by atoms with van der Waals surface area (Å²) < 4.78 is 0. The highest BCUT2D eigenvalue weighted by Gasteiger charge is 2.05. The Morgan fingerprint density at radius 3 is 2.62 bits per heavy atom. The van der Waals surface area contributed by atoms with Crippen LogP contribution < -0.4 is 5.32 Å². The number of halogens is 2. The number of hydrogen-bond donors (Lipinski definition) is 1. The van der Waals surface area contributed by atoms with Crippen LogP contribution in [0.3, 0.4) is 0 Å². The maximum Gasteiger partial charge on any atom is 0.228 e. The van der Waals surface area contributed by atoms with E-state index in [9.17, 15) is 4.79 Å². The molecule has 0 saturated carbocycles. The van der Waals surface area contributed by atoms with Crippen molar-refractivity contribution in [1.29, 1.82) is 0 Å². The van der Waals surface area contributed by atoms with Crippen LogP contribution in [0, 0.1) is 0 Å². The monoisotopic (exact) mass is 365 g/mol. The summed E-state index contributed by atoms with van der Waals surface area (Å²) in [5.74, 6) is -0.0325. The molecule has 0 saturated heterocycles. The second-order valence-corrected chi connectivity index (χ2v) is 6.08. The predicted molar refractivity (Wildman–Crippen MR) is 92.3 cm³/mol. The van der Waals surface area contributed by atoms with Gasteiger partial charge < -0.3 is 5.32 Å². The Kier molecular flexibility index (Phi) is 6.27. The first kappa shape index (κ1) is 16.1. The van der Waals surface area contributed by atoms with Crippen LogP contribution in [0.2, 0.25) is 5.02 Å². The molecule has 2 aromatic carbocycles. The van der Waals surface area contributed by atoms with Gasteiger partial charge in [0.05, 0.1) is 6.42 Å². The minimum absolute atomic E-state index is 0.0325. The third-order valence-corrected chi connectivity index (χ3v) is 3.86. The minimum atomic E-state index is -0.0325. The summed E-state index contributed by atoms with van der Waals surface area (Å²) in [6.07, 6.45) is 2.41. The van der Waals surface area contributed by atoms with Crippen LogP contribution in [0.5, 0.6) is 0 Å². The molecule has 0 unspecified atom stereocenters. The van der Waals surface area contributed by atoms with E-state index in [1.807, 2.05) is 36.4 Å². The van der Waals surface area contributed by atoms with E-state index >= 15 is 0 Å². The van der Waals surface area contributed by atoms with E-state index in [0.29, 0.717) is 11.4 Å². The van der Waals surface area contributed by atoms with E-state index in [-0.39, 0.29) is 5.91 Å². The summed E-state index contributed by atoms with van der Waals surface area (Å²) >= 11 is 9.35. The van der Waals surface area contributed by atoms with Gasteiger partial charge in [-0.25, -0.2) is 0 Å². The van der Waals surface area contributed by atoms with Gasteiger partial charge >= 0.3 is 0 Å². The molecule has 0 bridgehead atoms. The first-order valence-corrected chi connectivity index (χ1v) is 8.36. The molecule has 2 rings (SSSR count). The van der Waals surface area contributed by atoms with E-state index in [1.54, 1.807) is 6.07 Å². The van der Waals surface area contributed by atoms with Gasteiger partial charge in [-0.05, 0) is 48.2 Å². The second-order valence-electron chi connectivity index (χ2n) is 4.85. The fourth-order valence-electron chi connectivity index (χ4n) is 2.11. The number of hydrogen-bond acceptors (Lipinski definition) is 1. The summed E-state index contributed by atoms with van der Waals surface area (Å²) in [5.41, 5.74) is 2.99. The summed E-state index contributed by atoms with van der Waals surface area (Å²) in [4.78, 5) is 12.1. The van der Waals surface area contributed by atoms with Crippen LogP contribution in [0.4, 0.5) is 5.69 Å². The number of benzene rings is 2. The fourth-order valence-corrected chi connectivity index (χ4v) is 2.61. The average molecular weight is 367 g/mol. The van der Waals surface area contributed by atoms with Crippen molar-refractivity contribution in [3.63, 3.8) is 0 Å². The van der Waals surface area contributed by atoms with Crippen LogP contribution in [0.15, 0.2) is 48.5 Å². The molecule has 0 fully saturated rings. The lowest BCUT2D eigenvalue weighted by atomic mass is 10.1. The van der Waals surface area contributed by atoms with Crippen molar-refractivity contribution in [2.24, 2.45) is 0 Å². The number of carbonyl (C=O) groups is 1. The Morgan fingerprint density at radius 1 is 1.10 bits per heavy atom. The maximum absolute atomic E-state index is 12.1. The van der Waals surface area contributed by atoms with Gasteiger partial charge in [0.25, 0.3) is 0 Å². The van der Waals surface area contributed by atoms with Crippen LogP contribution in [-0.2, 0) is 17.6 Å². The fraction of sp³-hybridized carbons (Fsp3) is 0.235. The predicted octanol–water partition coefficient (Wildman–Crippen LogP) is 4.85. The normalized spacial score (nSPS) is 10.4. The standard InChI is InChI=1S/C17H17BrClNO/c18-9-3-6-13-4-2-8-16(11-13)20-17(21)12-14-5-1-7-15(19)10-14/h1-2,4-5,7-8,10-11H,3,6,9,12H2,(H,20,21). The lowest BCUT2D eigenvalue weighted by Crippen LogP contribution is -2.14. The van der Waals surface area contributed by atoms with Crippen molar-refractivity contribution in [1.82, 2.24) is 0 Å². The highest BCUT2D eigenvalue weighted by atomic mass is 79.9. The smallest absolute Gasteiger partial charge is 0.228 e. The first-order valence-electron chi connectivity index (χ1n) is 6.86. The van der Waals surface area contributed by atoms with Gasteiger partial charge in [0.2, 0.25) is 5.91 Å². The molecular formula is C17H17BrClNO. The van der Waals surface area contributed by atoms with E-state index < -0.39 is 0 Å². The average Bonchev–Trinajstić information content (AvgIpc) is 2.45. The molecule has 0 aromatic heterocycles. The van der Waals surface area contributed by atoms with Gasteiger partial charge in [-0.3, -0.25) is 4.79 Å². The second kappa shape index (κ2) is 8.20. The van der Waals surface area contributed by atoms with Crippen molar-refractivity contribution < 1.29 is 4.79 Å². The van der Waals surface area contributed by atoms with Gasteiger partial charge in [-0.1, -0.05) is 51.8 Å². The molecule has 4 heteroatoms. The summed E-state index contributed by atoms with van der Waals surface area (Å²) in [6, 6.07) is 15.4. The van der Waals surface area contributed by atoms with Gasteiger partial charge in [0.15, 0.2) is 0 Å². The molecule has 2 nitrogen and oxygen atoms in total. The number of alkyl halides is 1. The SMILES string of the molecule is O=C(Cc1cccc(Cl)c1)Nc1cccc(CCCBr)c1. The molecule has 2 aromatic rings. The number of nitrogens with one attached hydrogen (secondary N) is 1. The van der Waals surface area contributed by atoms with Crippen molar-refractivity contribution in [2.45, 2.75) is 19.3 Å². The van der Waals surface area contributed by atoms with Crippen molar-refractivity contribution in [2.75, 3.05) is 10.6 Å². The Labute approximate surface area is 138 Å². The van der Waals surface area contributed by atoms with Crippen LogP contribution in [0.25, 0.3) is 0 Å². The van der Waals surface area contributed by atoms with Gasteiger partial charge in [0.1, 0.15) is 0 Å². The van der Waals surface area contributed by atoms with E-state index in [0.717, 1.165) is 29.4 Å². The van der Waals surface area contributed by atoms with E-state index in [1.165, 1.54) is 5.56 Å². The third-order valence-electron chi connectivity index (χ3n) is 3.06. The van der Waals surface area contributed by atoms with Crippen molar-refractivity contribution in [3.05, 3.63) is 64.7 Å². The molecule has 1 N–H and O–H groups in total. The molecule has 0 aliphatic carbocycles. The van der Waals surface area contributed by atoms with Crippen LogP contribution >= 0.6 is 27.5 Å². The van der Waals surface area contributed by atoms with E-state index in [2.05, 4.69) is 27.3 Å². The molecule has 0 aliphatic heterocycles. The largest absolute Gasteiger partial charge is 0.326 e. The summed E-state index contributed by atoms with van der Waals surface area (Å²) in [5, 5.41) is 4.57. The lowest BCUT2D eigenvalue weighted by Gasteiger charge is -2.07. The molecule has 21 heavy (non-hydrogen) atoms. The summed E-state index contributed by atoms with van der Waals surface area (Å²) in [7, 11) is 0. The molecule has 0 aliphatic rings. The molecular weight excluding hydrogens is 350 g/mol.